The van der Waals surface area contributed by atoms with E-state index in [1.807, 2.05) is 18.2 Å². The van der Waals surface area contributed by atoms with Crippen LogP contribution in [-0.2, 0) is 15.6 Å². The number of amides is 1. The summed E-state index contributed by atoms with van der Waals surface area (Å²) < 4.78 is 12.0. The van der Waals surface area contributed by atoms with Gasteiger partial charge in [0.2, 0.25) is 5.91 Å². The van der Waals surface area contributed by atoms with Gasteiger partial charge in [-0.2, -0.15) is 0 Å². The molecule has 0 spiro atoms. The Bertz CT molecular complexity index is 362. The quantitative estimate of drug-likeness (QED) is 0.777. The second-order valence-corrected chi connectivity index (χ2v) is 5.26. The van der Waals surface area contributed by atoms with Crippen LogP contribution in [0.25, 0.3) is 0 Å². The molecule has 0 radical (unpaired) electrons. The van der Waals surface area contributed by atoms with Crippen LogP contribution in [0.3, 0.4) is 0 Å². The first-order valence-electron chi connectivity index (χ1n) is 4.71. The summed E-state index contributed by atoms with van der Waals surface area (Å²) in [7, 11) is 2.07. The van der Waals surface area contributed by atoms with Crippen molar-refractivity contribution in [2.75, 3.05) is 14.1 Å². The van der Waals surface area contributed by atoms with Gasteiger partial charge in [0.1, 0.15) is 5.25 Å². The Kier molecular flexibility index (Phi) is 4.03. The third-order valence-electron chi connectivity index (χ3n) is 2.09. The van der Waals surface area contributed by atoms with Gasteiger partial charge in [-0.25, -0.2) is 0 Å². The minimum Gasteiger partial charge on any atom is -0.348 e. The lowest BCUT2D eigenvalue weighted by molar-refractivity contribution is -0.127. The van der Waals surface area contributed by atoms with E-state index >= 15 is 0 Å². The minimum atomic E-state index is -1.27. The van der Waals surface area contributed by atoms with Crippen LogP contribution in [0.1, 0.15) is 6.92 Å². The predicted molar refractivity (Wildman–Crippen MR) is 61.0 cm³/mol. The van der Waals surface area contributed by atoms with Crippen molar-refractivity contribution in [1.82, 2.24) is 4.90 Å². The van der Waals surface area contributed by atoms with Crippen LogP contribution in [0.5, 0.6) is 0 Å². The summed E-state index contributed by atoms with van der Waals surface area (Å²) in [5.41, 5.74) is 0. The zero-order chi connectivity index (χ0) is 11.4. The molecule has 4 heteroatoms. The van der Waals surface area contributed by atoms with Gasteiger partial charge in [-0.3, -0.25) is 9.00 Å². The van der Waals surface area contributed by atoms with Crippen LogP contribution < -0.4 is 0 Å². The van der Waals surface area contributed by atoms with Gasteiger partial charge in [-0.15, -0.1) is 0 Å². The third kappa shape index (κ3) is 2.89. The maximum absolute atomic E-state index is 12.0. The summed E-state index contributed by atoms with van der Waals surface area (Å²) >= 11 is 0. The fraction of sp³-hybridized carbons (Fsp3) is 0.364. The summed E-state index contributed by atoms with van der Waals surface area (Å²) in [4.78, 5) is 13.7. The molecule has 15 heavy (non-hydrogen) atoms. The maximum Gasteiger partial charge on any atom is 0.237 e. The molecule has 0 bridgehead atoms. The van der Waals surface area contributed by atoms with E-state index in [4.69, 9.17) is 0 Å². The summed E-state index contributed by atoms with van der Waals surface area (Å²) in [6.07, 6.45) is 0. The number of nitrogens with zero attached hydrogens (tertiary/aromatic N) is 1. The lowest BCUT2D eigenvalue weighted by Gasteiger charge is -2.16. The third-order valence-corrected chi connectivity index (χ3v) is 3.67. The van der Waals surface area contributed by atoms with E-state index in [0.29, 0.717) is 4.90 Å². The minimum absolute atomic E-state index is 0.114. The molecule has 0 saturated heterocycles. The zero-order valence-corrected chi connectivity index (χ0v) is 9.95. The molecule has 2 unspecified atom stereocenters. The number of carbonyl (C=O) groups excluding carboxylic acids is 1. The molecule has 2 atom stereocenters. The van der Waals surface area contributed by atoms with Gasteiger partial charge in [0.25, 0.3) is 0 Å². The smallest absolute Gasteiger partial charge is 0.237 e. The van der Waals surface area contributed by atoms with Gasteiger partial charge in [-0.1, -0.05) is 18.2 Å². The normalized spacial score (nSPS) is 14.3. The molecular formula is C11H15NO2S. The molecule has 3 nitrogen and oxygen atoms in total. The summed E-state index contributed by atoms with van der Waals surface area (Å²) in [5.74, 6) is -0.114. The number of hydrogen-bond donors (Lipinski definition) is 0. The summed E-state index contributed by atoms with van der Waals surface area (Å²) in [6.45, 7) is 1.69. The second kappa shape index (κ2) is 5.07. The molecular weight excluding hydrogens is 210 g/mol. The van der Waals surface area contributed by atoms with Crippen molar-refractivity contribution in [2.24, 2.45) is 0 Å². The van der Waals surface area contributed by atoms with Crippen molar-refractivity contribution < 1.29 is 9.00 Å². The van der Waals surface area contributed by atoms with Gasteiger partial charge >= 0.3 is 0 Å². The molecule has 1 amide bonds. The van der Waals surface area contributed by atoms with E-state index in [-0.39, 0.29) is 5.91 Å². The van der Waals surface area contributed by atoms with Crippen LogP contribution in [-0.4, -0.2) is 34.4 Å². The fourth-order valence-corrected chi connectivity index (χ4v) is 2.44. The first-order valence-corrected chi connectivity index (χ1v) is 5.92. The molecule has 1 aromatic carbocycles. The Morgan fingerprint density at radius 3 is 2.27 bits per heavy atom. The van der Waals surface area contributed by atoms with Crippen LogP contribution in [0, 0.1) is 0 Å². The Balaban J connectivity index is 2.82. The van der Waals surface area contributed by atoms with Crippen molar-refractivity contribution in [2.45, 2.75) is 17.1 Å². The van der Waals surface area contributed by atoms with Crippen molar-refractivity contribution in [3.05, 3.63) is 30.3 Å². The number of benzene rings is 1. The summed E-state index contributed by atoms with van der Waals surface area (Å²) in [6, 6.07) is 9.05. The largest absolute Gasteiger partial charge is 0.348 e. The molecule has 82 valence electrons. The Morgan fingerprint density at radius 1 is 1.27 bits per heavy atom. The van der Waals surface area contributed by atoms with Crippen molar-refractivity contribution in [1.29, 1.82) is 0 Å². The molecule has 1 aromatic rings. The van der Waals surface area contributed by atoms with E-state index in [2.05, 4.69) is 0 Å². The average molecular weight is 225 g/mol. The molecule has 0 N–H and O–H groups in total. The molecule has 0 aliphatic rings. The molecule has 0 saturated carbocycles. The number of rotatable bonds is 3. The topological polar surface area (TPSA) is 37.4 Å². The van der Waals surface area contributed by atoms with E-state index < -0.39 is 16.0 Å². The van der Waals surface area contributed by atoms with Crippen LogP contribution in [0.2, 0.25) is 0 Å². The molecule has 0 heterocycles. The lowest BCUT2D eigenvalue weighted by atomic mass is 10.4. The SMILES string of the molecule is CC(C(=O)N(C)C)S(=O)c1ccccc1. The predicted octanol–water partition coefficient (Wildman–Crippen LogP) is 1.27. The fourth-order valence-electron chi connectivity index (χ4n) is 1.21. The maximum atomic E-state index is 12.0. The highest BCUT2D eigenvalue weighted by molar-refractivity contribution is 7.86. The first-order chi connectivity index (χ1) is 7.04. The molecule has 0 aromatic heterocycles. The van der Waals surface area contributed by atoms with E-state index in [1.54, 1.807) is 33.2 Å². The van der Waals surface area contributed by atoms with E-state index in [0.717, 1.165) is 0 Å². The van der Waals surface area contributed by atoms with E-state index in [1.165, 1.54) is 4.90 Å². The zero-order valence-electron chi connectivity index (χ0n) is 9.14. The van der Waals surface area contributed by atoms with Crippen LogP contribution in [0.15, 0.2) is 35.2 Å². The van der Waals surface area contributed by atoms with Crippen LogP contribution >= 0.6 is 0 Å². The molecule has 0 aliphatic heterocycles. The Hall–Kier alpha value is -1.16. The van der Waals surface area contributed by atoms with Gasteiger partial charge in [0.15, 0.2) is 0 Å². The Labute approximate surface area is 92.6 Å². The highest BCUT2D eigenvalue weighted by Gasteiger charge is 2.22. The highest BCUT2D eigenvalue weighted by Crippen LogP contribution is 2.11. The van der Waals surface area contributed by atoms with Gasteiger partial charge in [0.05, 0.1) is 10.8 Å². The second-order valence-electron chi connectivity index (χ2n) is 3.49. The molecule has 1 rings (SSSR count). The summed E-state index contributed by atoms with van der Waals surface area (Å²) in [5, 5.41) is -0.498. The van der Waals surface area contributed by atoms with E-state index in [9.17, 15) is 9.00 Å². The van der Waals surface area contributed by atoms with Crippen molar-refractivity contribution in [3.8, 4) is 0 Å². The van der Waals surface area contributed by atoms with Crippen molar-refractivity contribution in [3.63, 3.8) is 0 Å². The monoisotopic (exact) mass is 225 g/mol. The average Bonchev–Trinajstić information content (AvgIpc) is 2.27. The van der Waals surface area contributed by atoms with Gasteiger partial charge < -0.3 is 4.90 Å². The van der Waals surface area contributed by atoms with Gasteiger partial charge in [0, 0.05) is 19.0 Å². The van der Waals surface area contributed by atoms with Crippen molar-refractivity contribution >= 4 is 16.7 Å². The number of hydrogen-bond acceptors (Lipinski definition) is 2. The van der Waals surface area contributed by atoms with Gasteiger partial charge in [-0.05, 0) is 19.1 Å². The van der Waals surface area contributed by atoms with Crippen LogP contribution in [0.4, 0.5) is 0 Å². The standard InChI is InChI=1S/C11H15NO2S/c1-9(11(13)12(2)3)15(14)10-7-5-4-6-8-10/h4-9H,1-3H3. The lowest BCUT2D eigenvalue weighted by Crippen LogP contribution is -2.34. The number of carbonyl (C=O) groups is 1. The molecule has 0 fully saturated rings. The Morgan fingerprint density at radius 2 is 1.80 bits per heavy atom. The molecule has 0 aliphatic carbocycles. The highest BCUT2D eigenvalue weighted by atomic mass is 32.2. The first kappa shape index (κ1) is 11.9.